The summed E-state index contributed by atoms with van der Waals surface area (Å²) in [7, 11) is 0. The number of aliphatic hydroxyl groups is 1. The maximum absolute atomic E-state index is 12.9. The molecule has 2 unspecified atom stereocenters. The molecule has 0 aliphatic heterocycles. The van der Waals surface area contributed by atoms with Crippen LogP contribution in [0.5, 0.6) is 0 Å². The van der Waals surface area contributed by atoms with Crippen molar-refractivity contribution in [1.29, 1.82) is 0 Å². The lowest BCUT2D eigenvalue weighted by Crippen LogP contribution is -2.43. The Bertz CT molecular complexity index is 658. The molecule has 0 bridgehead atoms. The third-order valence-corrected chi connectivity index (χ3v) is 3.95. The molecule has 0 fully saturated rings. The maximum atomic E-state index is 12.9. The molecule has 0 saturated heterocycles. The van der Waals surface area contributed by atoms with E-state index < -0.39 is 23.9 Å². The van der Waals surface area contributed by atoms with Crippen molar-refractivity contribution < 1.29 is 19.1 Å². The number of aliphatic hydroxyl groups excluding tert-OH is 1. The summed E-state index contributed by atoms with van der Waals surface area (Å²) in [6.07, 6.45) is -0.966. The first-order valence-electron chi connectivity index (χ1n) is 7.00. The number of carbonyl (C=O) groups excluding carboxylic acids is 2. The average molecular weight is 336 g/mol. The molecule has 0 aliphatic rings. The molecule has 1 aromatic carbocycles. The monoisotopic (exact) mass is 336 g/mol. The number of hydrogen-bond donors (Lipinski definition) is 3. The zero-order chi connectivity index (χ0) is 16.8. The highest BCUT2D eigenvalue weighted by Crippen LogP contribution is 2.17. The van der Waals surface area contributed by atoms with E-state index in [4.69, 9.17) is 0 Å². The summed E-state index contributed by atoms with van der Waals surface area (Å²) in [4.78, 5) is 23.5. The summed E-state index contributed by atoms with van der Waals surface area (Å²) in [5.74, 6) is -1.14. The van der Waals surface area contributed by atoms with Crippen molar-refractivity contribution in [2.75, 3.05) is 6.54 Å². The number of carbonyl (C=O) groups is 2. The molecule has 2 aromatic rings. The van der Waals surface area contributed by atoms with Gasteiger partial charge in [-0.1, -0.05) is 12.1 Å². The Hall–Kier alpha value is -2.25. The molecule has 122 valence electrons. The van der Waals surface area contributed by atoms with E-state index in [0.717, 1.165) is 0 Å². The van der Waals surface area contributed by atoms with E-state index in [1.165, 1.54) is 35.6 Å². The van der Waals surface area contributed by atoms with Gasteiger partial charge in [-0.3, -0.25) is 9.59 Å². The molecule has 7 heteroatoms. The molecule has 3 N–H and O–H groups in total. The van der Waals surface area contributed by atoms with E-state index in [-0.39, 0.29) is 12.5 Å². The molecule has 1 aromatic heterocycles. The number of rotatable bonds is 6. The van der Waals surface area contributed by atoms with Crippen molar-refractivity contribution in [1.82, 2.24) is 10.6 Å². The second kappa shape index (κ2) is 7.85. The van der Waals surface area contributed by atoms with Crippen LogP contribution < -0.4 is 10.6 Å². The molecular weight excluding hydrogens is 319 g/mol. The number of thiophene rings is 1. The minimum absolute atomic E-state index is 0.185. The predicted molar refractivity (Wildman–Crippen MR) is 85.6 cm³/mol. The van der Waals surface area contributed by atoms with Crippen LogP contribution in [0.2, 0.25) is 0 Å². The zero-order valence-corrected chi connectivity index (χ0v) is 13.3. The highest BCUT2D eigenvalue weighted by Gasteiger charge is 2.18. The van der Waals surface area contributed by atoms with E-state index in [0.29, 0.717) is 11.1 Å². The molecular formula is C16H17FN2O3S. The Morgan fingerprint density at radius 1 is 1.26 bits per heavy atom. The molecule has 2 atom stereocenters. The molecule has 0 aliphatic carbocycles. The lowest BCUT2D eigenvalue weighted by atomic mass is 10.0. The SMILES string of the molecule is CC(NC(=O)CNC(=O)c1ccsc1)C(O)c1ccc(F)cc1. The quantitative estimate of drug-likeness (QED) is 0.753. The van der Waals surface area contributed by atoms with Gasteiger partial charge in [0.15, 0.2) is 0 Å². The highest BCUT2D eigenvalue weighted by atomic mass is 32.1. The van der Waals surface area contributed by atoms with Gasteiger partial charge in [-0.2, -0.15) is 11.3 Å². The van der Waals surface area contributed by atoms with Gasteiger partial charge >= 0.3 is 0 Å². The normalized spacial score (nSPS) is 13.2. The predicted octanol–water partition coefficient (Wildman–Crippen LogP) is 1.86. The van der Waals surface area contributed by atoms with Gasteiger partial charge in [-0.15, -0.1) is 0 Å². The molecule has 1 heterocycles. The molecule has 0 spiro atoms. The first kappa shape index (κ1) is 17.1. The largest absolute Gasteiger partial charge is 0.386 e. The minimum atomic E-state index is -0.966. The van der Waals surface area contributed by atoms with Crippen LogP contribution in [0.15, 0.2) is 41.1 Å². The van der Waals surface area contributed by atoms with Gasteiger partial charge in [-0.25, -0.2) is 4.39 Å². The van der Waals surface area contributed by atoms with Gasteiger partial charge in [0.25, 0.3) is 5.91 Å². The third-order valence-electron chi connectivity index (χ3n) is 3.27. The molecule has 23 heavy (non-hydrogen) atoms. The van der Waals surface area contributed by atoms with Gasteiger partial charge in [0, 0.05) is 10.9 Å². The smallest absolute Gasteiger partial charge is 0.252 e. The van der Waals surface area contributed by atoms with Crippen LogP contribution in [-0.2, 0) is 4.79 Å². The Morgan fingerprint density at radius 3 is 2.57 bits per heavy atom. The number of benzene rings is 1. The minimum Gasteiger partial charge on any atom is -0.386 e. The van der Waals surface area contributed by atoms with Gasteiger partial charge in [-0.05, 0) is 36.1 Å². The van der Waals surface area contributed by atoms with Crippen LogP contribution in [0, 0.1) is 5.82 Å². The molecule has 5 nitrogen and oxygen atoms in total. The van der Waals surface area contributed by atoms with Crippen molar-refractivity contribution in [2.45, 2.75) is 19.1 Å². The van der Waals surface area contributed by atoms with Crippen LogP contribution in [-0.4, -0.2) is 29.5 Å². The van der Waals surface area contributed by atoms with Crippen LogP contribution in [0.1, 0.15) is 28.9 Å². The van der Waals surface area contributed by atoms with Gasteiger partial charge in [0.1, 0.15) is 5.82 Å². The summed E-state index contributed by atoms with van der Waals surface area (Å²) in [5, 5.41) is 18.7. The van der Waals surface area contributed by atoms with Crippen LogP contribution in [0.25, 0.3) is 0 Å². The lowest BCUT2D eigenvalue weighted by molar-refractivity contribution is -0.121. The Kier molecular flexibility index (Phi) is 5.84. The Balaban J connectivity index is 1.82. The summed E-state index contributed by atoms with van der Waals surface area (Å²) in [6.45, 7) is 1.45. The maximum Gasteiger partial charge on any atom is 0.252 e. The van der Waals surface area contributed by atoms with E-state index in [1.807, 2.05) is 0 Å². The van der Waals surface area contributed by atoms with E-state index >= 15 is 0 Å². The number of nitrogens with one attached hydrogen (secondary N) is 2. The van der Waals surface area contributed by atoms with Crippen molar-refractivity contribution in [3.8, 4) is 0 Å². The molecule has 2 rings (SSSR count). The summed E-state index contributed by atoms with van der Waals surface area (Å²) in [5.41, 5.74) is 1.00. The number of halogens is 1. The van der Waals surface area contributed by atoms with E-state index in [2.05, 4.69) is 10.6 Å². The molecule has 2 amide bonds. The van der Waals surface area contributed by atoms with Gasteiger partial charge < -0.3 is 15.7 Å². The van der Waals surface area contributed by atoms with Crippen LogP contribution >= 0.6 is 11.3 Å². The van der Waals surface area contributed by atoms with Crippen molar-refractivity contribution in [3.05, 3.63) is 58.0 Å². The number of amides is 2. The topological polar surface area (TPSA) is 78.4 Å². The fraction of sp³-hybridized carbons (Fsp3) is 0.250. The number of hydrogen-bond acceptors (Lipinski definition) is 4. The third kappa shape index (κ3) is 4.87. The van der Waals surface area contributed by atoms with Gasteiger partial charge in [0.2, 0.25) is 5.91 Å². The van der Waals surface area contributed by atoms with E-state index in [9.17, 15) is 19.1 Å². The Morgan fingerprint density at radius 2 is 1.96 bits per heavy atom. The van der Waals surface area contributed by atoms with Crippen molar-refractivity contribution >= 4 is 23.2 Å². The fourth-order valence-electron chi connectivity index (χ4n) is 1.99. The molecule has 0 radical (unpaired) electrons. The summed E-state index contributed by atoms with van der Waals surface area (Å²) >= 11 is 1.39. The first-order valence-corrected chi connectivity index (χ1v) is 7.95. The fourth-order valence-corrected chi connectivity index (χ4v) is 2.62. The molecule has 0 saturated carbocycles. The van der Waals surface area contributed by atoms with Gasteiger partial charge in [0.05, 0.1) is 18.7 Å². The standard InChI is InChI=1S/C16H17FN2O3S/c1-10(15(21)11-2-4-13(17)5-3-11)19-14(20)8-18-16(22)12-6-7-23-9-12/h2-7,9-10,15,21H,8H2,1H3,(H,18,22)(H,19,20). The van der Waals surface area contributed by atoms with E-state index in [1.54, 1.807) is 23.8 Å². The summed E-state index contributed by atoms with van der Waals surface area (Å²) < 4.78 is 12.9. The highest BCUT2D eigenvalue weighted by molar-refractivity contribution is 7.08. The van der Waals surface area contributed by atoms with Crippen LogP contribution in [0.3, 0.4) is 0 Å². The van der Waals surface area contributed by atoms with Crippen molar-refractivity contribution in [3.63, 3.8) is 0 Å². The second-order valence-corrected chi connectivity index (χ2v) is 5.83. The van der Waals surface area contributed by atoms with Crippen LogP contribution in [0.4, 0.5) is 4.39 Å². The average Bonchev–Trinajstić information content (AvgIpc) is 3.07. The summed E-state index contributed by atoms with van der Waals surface area (Å²) in [6, 6.07) is 6.49. The first-order chi connectivity index (χ1) is 11.0. The lowest BCUT2D eigenvalue weighted by Gasteiger charge is -2.20. The van der Waals surface area contributed by atoms with Crippen molar-refractivity contribution in [2.24, 2.45) is 0 Å². The second-order valence-electron chi connectivity index (χ2n) is 5.05. The Labute approximate surface area is 137 Å². The zero-order valence-electron chi connectivity index (χ0n) is 12.5.